The lowest BCUT2D eigenvalue weighted by molar-refractivity contribution is 0.0946. The highest BCUT2D eigenvalue weighted by Crippen LogP contribution is 2.18. The summed E-state index contributed by atoms with van der Waals surface area (Å²) < 4.78 is 8.96. The molecule has 3 heterocycles. The summed E-state index contributed by atoms with van der Waals surface area (Å²) >= 11 is 0. The van der Waals surface area contributed by atoms with Gasteiger partial charge >= 0.3 is 0 Å². The van der Waals surface area contributed by atoms with Crippen LogP contribution in [0.15, 0.2) is 41.3 Å². The predicted molar refractivity (Wildman–Crippen MR) is 84.1 cm³/mol. The minimum atomic E-state index is -0.193. The maximum atomic E-state index is 12.5. The quantitative estimate of drug-likeness (QED) is 0.779. The maximum Gasteiger partial charge on any atom is 0.255 e. The second kappa shape index (κ2) is 6.12. The normalized spacial score (nSPS) is 12.3. The van der Waals surface area contributed by atoms with Crippen LogP contribution in [-0.4, -0.2) is 32.0 Å². The molecule has 3 aromatic rings. The monoisotopic (exact) mass is 313 g/mol. The smallest absolute Gasteiger partial charge is 0.255 e. The number of nitrogens with zero attached hydrogens (tertiary/aromatic N) is 4. The number of aryl methyl sites for hydroxylation is 2. The van der Waals surface area contributed by atoms with Crippen LogP contribution in [0.5, 0.6) is 0 Å². The van der Waals surface area contributed by atoms with Crippen LogP contribution in [-0.2, 0) is 7.05 Å². The van der Waals surface area contributed by atoms with Gasteiger partial charge in [0.1, 0.15) is 11.8 Å². The average molecular weight is 313 g/mol. The Hall–Kier alpha value is -2.83. The first kappa shape index (κ1) is 15.1. The molecule has 0 aliphatic heterocycles. The van der Waals surface area contributed by atoms with Gasteiger partial charge in [-0.1, -0.05) is 0 Å². The van der Waals surface area contributed by atoms with Crippen LogP contribution in [0.1, 0.15) is 33.5 Å². The van der Waals surface area contributed by atoms with Crippen molar-refractivity contribution in [2.45, 2.75) is 19.9 Å². The first-order valence-corrected chi connectivity index (χ1v) is 7.39. The maximum absolute atomic E-state index is 12.5. The Kier molecular flexibility index (Phi) is 4.01. The van der Waals surface area contributed by atoms with Gasteiger partial charge in [-0.15, -0.1) is 0 Å². The van der Waals surface area contributed by atoms with Gasteiger partial charge in [-0.05, 0) is 32.0 Å². The highest BCUT2D eigenvalue weighted by atomic mass is 16.3. The third kappa shape index (κ3) is 2.90. The number of amides is 1. The van der Waals surface area contributed by atoms with E-state index in [1.54, 1.807) is 21.8 Å². The zero-order valence-electron chi connectivity index (χ0n) is 13.4. The number of nitrogens with one attached hydrogen (secondary N) is 1. The van der Waals surface area contributed by atoms with Crippen molar-refractivity contribution in [2.75, 3.05) is 6.54 Å². The van der Waals surface area contributed by atoms with E-state index in [0.29, 0.717) is 12.1 Å². The van der Waals surface area contributed by atoms with E-state index in [-0.39, 0.29) is 11.9 Å². The topological polar surface area (TPSA) is 77.9 Å². The summed E-state index contributed by atoms with van der Waals surface area (Å²) in [6.45, 7) is 4.09. The van der Waals surface area contributed by atoms with E-state index in [4.69, 9.17) is 4.42 Å². The lowest BCUT2D eigenvalue weighted by Crippen LogP contribution is -2.32. The summed E-state index contributed by atoms with van der Waals surface area (Å²) in [5.41, 5.74) is 2.18. The summed E-state index contributed by atoms with van der Waals surface area (Å²) in [4.78, 5) is 12.5. The molecule has 120 valence electrons. The van der Waals surface area contributed by atoms with Crippen LogP contribution in [0.2, 0.25) is 0 Å². The van der Waals surface area contributed by atoms with E-state index in [9.17, 15) is 4.79 Å². The number of aromatic nitrogens is 4. The van der Waals surface area contributed by atoms with Crippen molar-refractivity contribution >= 4 is 5.91 Å². The second-order valence-corrected chi connectivity index (χ2v) is 5.40. The molecule has 3 aromatic heterocycles. The number of carbonyl (C=O) groups excluding carboxylic acids is 1. The van der Waals surface area contributed by atoms with E-state index in [1.807, 2.05) is 45.3 Å². The highest BCUT2D eigenvalue weighted by Gasteiger charge is 2.21. The van der Waals surface area contributed by atoms with Gasteiger partial charge < -0.3 is 9.73 Å². The lowest BCUT2D eigenvalue weighted by Gasteiger charge is -2.16. The van der Waals surface area contributed by atoms with Gasteiger partial charge in [0, 0.05) is 31.7 Å². The van der Waals surface area contributed by atoms with Crippen LogP contribution in [0.4, 0.5) is 0 Å². The summed E-state index contributed by atoms with van der Waals surface area (Å²) in [5, 5.41) is 11.5. The number of rotatable bonds is 5. The van der Waals surface area contributed by atoms with E-state index >= 15 is 0 Å². The van der Waals surface area contributed by atoms with Gasteiger partial charge in [0.15, 0.2) is 0 Å². The molecule has 23 heavy (non-hydrogen) atoms. The number of hydrogen-bond acceptors (Lipinski definition) is 4. The van der Waals surface area contributed by atoms with E-state index in [0.717, 1.165) is 17.1 Å². The van der Waals surface area contributed by atoms with Crippen molar-refractivity contribution in [3.63, 3.8) is 0 Å². The Morgan fingerprint density at radius 2 is 2.22 bits per heavy atom. The Balaban J connectivity index is 1.78. The molecule has 0 fully saturated rings. The Morgan fingerprint density at radius 1 is 1.39 bits per heavy atom. The van der Waals surface area contributed by atoms with E-state index in [1.165, 1.54) is 0 Å². The second-order valence-electron chi connectivity index (χ2n) is 5.40. The van der Waals surface area contributed by atoms with Crippen LogP contribution in [0.25, 0.3) is 0 Å². The van der Waals surface area contributed by atoms with Crippen LogP contribution in [0, 0.1) is 13.8 Å². The standard InChI is InChI=1S/C16H19N5O2/c1-11-15(12(2)20(3)19-11)16(22)17-10-13(14-6-4-9-23-14)21-8-5-7-18-21/h4-9,13H,10H2,1-3H3,(H,17,22)/t13-/m1/s1. The molecule has 1 atom stereocenters. The minimum Gasteiger partial charge on any atom is -0.467 e. The van der Waals surface area contributed by atoms with Crippen molar-refractivity contribution in [3.05, 3.63) is 59.6 Å². The Morgan fingerprint density at radius 3 is 2.78 bits per heavy atom. The molecule has 0 unspecified atom stereocenters. The molecule has 0 aliphatic rings. The van der Waals surface area contributed by atoms with Gasteiger partial charge in [0.25, 0.3) is 5.91 Å². The average Bonchev–Trinajstić information content (AvgIpc) is 3.24. The fourth-order valence-corrected chi connectivity index (χ4v) is 2.65. The molecule has 0 aromatic carbocycles. The van der Waals surface area contributed by atoms with Gasteiger partial charge in [-0.25, -0.2) is 0 Å². The number of hydrogen-bond donors (Lipinski definition) is 1. The zero-order valence-corrected chi connectivity index (χ0v) is 13.4. The van der Waals surface area contributed by atoms with Crippen LogP contribution in [0.3, 0.4) is 0 Å². The molecule has 0 bridgehead atoms. The number of furan rings is 1. The molecule has 0 spiro atoms. The third-order valence-corrected chi connectivity index (χ3v) is 3.91. The molecular weight excluding hydrogens is 294 g/mol. The van der Waals surface area contributed by atoms with Gasteiger partial charge in [-0.2, -0.15) is 10.2 Å². The molecule has 0 radical (unpaired) electrons. The largest absolute Gasteiger partial charge is 0.467 e. The summed E-state index contributed by atoms with van der Waals surface area (Å²) in [6.07, 6.45) is 5.16. The minimum absolute atomic E-state index is 0.142. The molecule has 0 aliphatic carbocycles. The Bertz CT molecular complexity index is 753. The molecular formula is C16H19N5O2. The molecule has 3 rings (SSSR count). The highest BCUT2D eigenvalue weighted by molar-refractivity contribution is 5.96. The predicted octanol–water partition coefficient (Wildman–Crippen LogP) is 1.85. The molecule has 7 nitrogen and oxygen atoms in total. The summed E-state index contributed by atoms with van der Waals surface area (Å²) in [6, 6.07) is 5.34. The van der Waals surface area contributed by atoms with Crippen molar-refractivity contribution < 1.29 is 9.21 Å². The van der Waals surface area contributed by atoms with Crippen molar-refractivity contribution in [2.24, 2.45) is 7.05 Å². The van der Waals surface area contributed by atoms with Crippen molar-refractivity contribution in [1.82, 2.24) is 24.9 Å². The first-order chi connectivity index (χ1) is 11.1. The van der Waals surface area contributed by atoms with E-state index in [2.05, 4.69) is 15.5 Å². The molecule has 0 saturated heterocycles. The van der Waals surface area contributed by atoms with Gasteiger partial charge in [-0.3, -0.25) is 14.2 Å². The number of carbonyl (C=O) groups is 1. The third-order valence-electron chi connectivity index (χ3n) is 3.91. The lowest BCUT2D eigenvalue weighted by atomic mass is 10.1. The van der Waals surface area contributed by atoms with Crippen LogP contribution >= 0.6 is 0 Å². The van der Waals surface area contributed by atoms with E-state index < -0.39 is 0 Å². The summed E-state index contributed by atoms with van der Waals surface area (Å²) in [5.74, 6) is 0.602. The van der Waals surface area contributed by atoms with Crippen molar-refractivity contribution in [3.8, 4) is 0 Å². The van der Waals surface area contributed by atoms with Crippen LogP contribution < -0.4 is 5.32 Å². The SMILES string of the molecule is Cc1nn(C)c(C)c1C(=O)NC[C@H](c1ccco1)n1cccn1. The first-order valence-electron chi connectivity index (χ1n) is 7.39. The van der Waals surface area contributed by atoms with Gasteiger partial charge in [0.05, 0.1) is 17.5 Å². The summed E-state index contributed by atoms with van der Waals surface area (Å²) in [7, 11) is 1.83. The zero-order chi connectivity index (χ0) is 16.4. The molecule has 1 N–H and O–H groups in total. The Labute approximate surface area is 133 Å². The molecule has 1 amide bonds. The fourth-order valence-electron chi connectivity index (χ4n) is 2.65. The van der Waals surface area contributed by atoms with Crippen molar-refractivity contribution in [1.29, 1.82) is 0 Å². The molecule has 7 heteroatoms. The van der Waals surface area contributed by atoms with Gasteiger partial charge in [0.2, 0.25) is 0 Å². The molecule has 0 saturated carbocycles. The fraction of sp³-hybridized carbons (Fsp3) is 0.312.